The van der Waals surface area contributed by atoms with Crippen molar-refractivity contribution in [3.8, 4) is 0 Å². The first kappa shape index (κ1) is 11.2. The van der Waals surface area contributed by atoms with Crippen molar-refractivity contribution < 1.29 is 13.2 Å². The molecule has 0 fully saturated rings. The molecular weight excluding hydrogens is 223 g/mol. The SMILES string of the molecule is CC(F)(CCCN)C(F)(F)Br. The third kappa shape index (κ3) is 3.42. The van der Waals surface area contributed by atoms with Crippen molar-refractivity contribution in [3.05, 3.63) is 0 Å². The predicted octanol–water partition coefficient (Wildman–Crippen LogP) is 2.44. The van der Waals surface area contributed by atoms with E-state index in [2.05, 4.69) is 0 Å². The summed E-state index contributed by atoms with van der Waals surface area (Å²) >= 11 is 1.98. The van der Waals surface area contributed by atoms with Gasteiger partial charge in [-0.1, -0.05) is 0 Å². The van der Waals surface area contributed by atoms with Crippen LogP contribution in [0.1, 0.15) is 19.8 Å². The molecule has 0 aliphatic carbocycles. The largest absolute Gasteiger partial charge is 0.334 e. The summed E-state index contributed by atoms with van der Waals surface area (Å²) in [7, 11) is 0. The van der Waals surface area contributed by atoms with Crippen LogP contribution in [-0.2, 0) is 0 Å². The lowest BCUT2D eigenvalue weighted by Crippen LogP contribution is -2.36. The van der Waals surface area contributed by atoms with Crippen molar-refractivity contribution >= 4 is 15.9 Å². The van der Waals surface area contributed by atoms with Crippen molar-refractivity contribution in [2.45, 2.75) is 30.3 Å². The maximum absolute atomic E-state index is 12.9. The van der Waals surface area contributed by atoms with E-state index in [0.29, 0.717) is 0 Å². The fourth-order valence-electron chi connectivity index (χ4n) is 0.576. The summed E-state index contributed by atoms with van der Waals surface area (Å²) in [4.78, 5) is -3.46. The highest BCUT2D eigenvalue weighted by Gasteiger charge is 2.48. The second kappa shape index (κ2) is 3.76. The van der Waals surface area contributed by atoms with E-state index in [-0.39, 0.29) is 19.4 Å². The third-order valence-electron chi connectivity index (χ3n) is 1.44. The molecule has 0 bridgehead atoms. The molecule has 0 amide bonds. The molecule has 11 heavy (non-hydrogen) atoms. The minimum atomic E-state index is -3.46. The van der Waals surface area contributed by atoms with E-state index >= 15 is 0 Å². The molecule has 0 aliphatic rings. The molecule has 0 aromatic heterocycles. The highest BCUT2D eigenvalue weighted by atomic mass is 79.9. The van der Waals surface area contributed by atoms with Crippen LogP contribution in [0.25, 0.3) is 0 Å². The summed E-state index contributed by atoms with van der Waals surface area (Å²) in [6, 6.07) is 0. The summed E-state index contributed by atoms with van der Waals surface area (Å²) in [5, 5.41) is 0. The average Bonchev–Trinajstić information content (AvgIpc) is 1.81. The molecule has 0 heterocycles. The Morgan fingerprint density at radius 3 is 2.09 bits per heavy atom. The Morgan fingerprint density at radius 1 is 1.36 bits per heavy atom. The van der Waals surface area contributed by atoms with Gasteiger partial charge < -0.3 is 5.73 Å². The fraction of sp³-hybridized carbons (Fsp3) is 1.00. The Hall–Kier alpha value is 0.230. The van der Waals surface area contributed by atoms with E-state index in [1.54, 1.807) is 0 Å². The topological polar surface area (TPSA) is 26.0 Å². The van der Waals surface area contributed by atoms with E-state index < -0.39 is 10.5 Å². The van der Waals surface area contributed by atoms with Gasteiger partial charge in [-0.2, -0.15) is 8.78 Å². The van der Waals surface area contributed by atoms with Gasteiger partial charge in [0, 0.05) is 0 Å². The van der Waals surface area contributed by atoms with Crippen LogP contribution < -0.4 is 5.73 Å². The molecule has 2 N–H and O–H groups in total. The maximum Gasteiger partial charge on any atom is 0.334 e. The molecule has 0 aromatic carbocycles. The first-order chi connectivity index (χ1) is 4.81. The third-order valence-corrected chi connectivity index (χ3v) is 2.27. The second-order valence-electron chi connectivity index (χ2n) is 2.59. The van der Waals surface area contributed by atoms with Crippen molar-refractivity contribution in [2.75, 3.05) is 6.54 Å². The van der Waals surface area contributed by atoms with Crippen LogP contribution in [0.3, 0.4) is 0 Å². The molecule has 0 saturated carbocycles. The standard InChI is InChI=1S/C6H11BrF3N/c1-5(8,3-2-4-11)6(7,9)10/h2-4,11H2,1H3. The molecule has 0 aliphatic heterocycles. The molecule has 68 valence electrons. The fourth-order valence-corrected chi connectivity index (χ4v) is 0.774. The van der Waals surface area contributed by atoms with Crippen molar-refractivity contribution in [1.82, 2.24) is 0 Å². The molecule has 0 spiro atoms. The predicted molar refractivity (Wildman–Crippen MR) is 41.7 cm³/mol. The average molecular weight is 234 g/mol. The minimum Gasteiger partial charge on any atom is -0.330 e. The number of hydrogen-bond acceptors (Lipinski definition) is 1. The zero-order chi connectivity index (χ0) is 9.12. The summed E-state index contributed by atoms with van der Waals surface area (Å²) in [5.41, 5.74) is 2.54. The Balaban J connectivity index is 4.00. The van der Waals surface area contributed by atoms with Crippen molar-refractivity contribution in [1.29, 1.82) is 0 Å². The number of alkyl halides is 4. The van der Waals surface area contributed by atoms with E-state index in [9.17, 15) is 13.2 Å². The van der Waals surface area contributed by atoms with Crippen LogP contribution >= 0.6 is 15.9 Å². The second-order valence-corrected chi connectivity index (χ2v) is 3.58. The molecule has 1 atom stereocenters. The lowest BCUT2D eigenvalue weighted by atomic mass is 10.0. The van der Waals surface area contributed by atoms with Gasteiger partial charge in [0.2, 0.25) is 0 Å². The lowest BCUT2D eigenvalue weighted by Gasteiger charge is -2.24. The first-order valence-corrected chi connectivity index (χ1v) is 4.06. The minimum absolute atomic E-state index is 0.225. The van der Waals surface area contributed by atoms with E-state index in [1.807, 2.05) is 15.9 Å². The molecule has 0 radical (unpaired) electrons. The van der Waals surface area contributed by atoms with Gasteiger partial charge in [0.25, 0.3) is 0 Å². The van der Waals surface area contributed by atoms with Gasteiger partial charge in [-0.3, -0.25) is 0 Å². The van der Waals surface area contributed by atoms with Crippen LogP contribution in [0.5, 0.6) is 0 Å². The lowest BCUT2D eigenvalue weighted by molar-refractivity contribution is -0.0520. The van der Waals surface area contributed by atoms with Crippen molar-refractivity contribution in [3.63, 3.8) is 0 Å². The van der Waals surface area contributed by atoms with Gasteiger partial charge in [0.1, 0.15) is 0 Å². The number of nitrogens with two attached hydrogens (primary N) is 1. The number of hydrogen-bond donors (Lipinski definition) is 1. The van der Waals surface area contributed by atoms with Crippen LogP contribution in [0, 0.1) is 0 Å². The van der Waals surface area contributed by atoms with Crippen LogP contribution in [0.2, 0.25) is 0 Å². The highest BCUT2D eigenvalue weighted by molar-refractivity contribution is 9.10. The smallest absolute Gasteiger partial charge is 0.330 e. The van der Waals surface area contributed by atoms with E-state index in [0.717, 1.165) is 6.92 Å². The van der Waals surface area contributed by atoms with Gasteiger partial charge >= 0.3 is 4.83 Å². The van der Waals surface area contributed by atoms with Crippen LogP contribution in [-0.4, -0.2) is 17.0 Å². The molecular formula is C6H11BrF3N. The van der Waals surface area contributed by atoms with E-state index in [4.69, 9.17) is 5.73 Å². The Bertz CT molecular complexity index is 121. The van der Waals surface area contributed by atoms with Gasteiger partial charge in [-0.15, -0.1) is 0 Å². The monoisotopic (exact) mass is 233 g/mol. The molecule has 0 aromatic rings. The van der Waals surface area contributed by atoms with Crippen LogP contribution in [0.15, 0.2) is 0 Å². The molecule has 0 rings (SSSR count). The van der Waals surface area contributed by atoms with Gasteiger partial charge in [-0.25, -0.2) is 4.39 Å². The summed E-state index contributed by atoms with van der Waals surface area (Å²) < 4.78 is 37.6. The zero-order valence-corrected chi connectivity index (χ0v) is 7.80. The van der Waals surface area contributed by atoms with Crippen LogP contribution in [0.4, 0.5) is 13.2 Å². The van der Waals surface area contributed by atoms with Gasteiger partial charge in [0.05, 0.1) is 0 Å². The summed E-state index contributed by atoms with van der Waals surface area (Å²) in [6.07, 6.45) is 0.0237. The Labute approximate surface area is 72.3 Å². The van der Waals surface area contributed by atoms with Gasteiger partial charge in [0.15, 0.2) is 5.67 Å². The quantitative estimate of drug-likeness (QED) is 0.743. The summed E-state index contributed by atoms with van der Waals surface area (Å²) in [5.74, 6) is 0. The molecule has 1 unspecified atom stereocenters. The van der Waals surface area contributed by atoms with E-state index in [1.165, 1.54) is 0 Å². The normalized spacial score (nSPS) is 18.0. The summed E-state index contributed by atoms with van der Waals surface area (Å²) in [6.45, 7) is 1.08. The Morgan fingerprint density at radius 2 is 1.82 bits per heavy atom. The molecule has 5 heteroatoms. The van der Waals surface area contributed by atoms with Crippen molar-refractivity contribution in [2.24, 2.45) is 5.73 Å². The number of rotatable bonds is 4. The highest BCUT2D eigenvalue weighted by Crippen LogP contribution is 2.40. The first-order valence-electron chi connectivity index (χ1n) is 3.27. The zero-order valence-electron chi connectivity index (χ0n) is 6.21. The molecule has 1 nitrogen and oxygen atoms in total. The molecule has 0 saturated heterocycles. The maximum atomic E-state index is 12.9. The Kier molecular flexibility index (Phi) is 3.84. The van der Waals surface area contributed by atoms with Gasteiger partial charge in [-0.05, 0) is 42.2 Å². The number of halogens is 4.